The van der Waals surface area contributed by atoms with Gasteiger partial charge in [0, 0.05) is 68.1 Å². The standard InChI is InChI=1S/C30H36FN7O3/c1-5-38(19(2)3)29(39)22-12-20(31)6-7-25(22)41-28-27(33-18-34-35-28)37-16-30(17-37)13-21(14-30)40-26-8-10-32-24-9-11-36(4)15-23(24)26/h6-8,10,12,18-19,21H,5,9,11,13-17H2,1-4H3. The lowest BCUT2D eigenvalue weighted by molar-refractivity contribution is -0.0352. The molecule has 2 aliphatic heterocycles. The van der Waals surface area contributed by atoms with E-state index in [0.717, 1.165) is 56.9 Å². The maximum Gasteiger partial charge on any atom is 0.282 e. The summed E-state index contributed by atoms with van der Waals surface area (Å²) in [5.41, 5.74) is 2.65. The summed E-state index contributed by atoms with van der Waals surface area (Å²) in [6.45, 7) is 9.70. The van der Waals surface area contributed by atoms with E-state index < -0.39 is 5.82 Å². The van der Waals surface area contributed by atoms with E-state index in [4.69, 9.17) is 9.47 Å². The van der Waals surface area contributed by atoms with Crippen LogP contribution in [-0.2, 0) is 13.0 Å². The van der Waals surface area contributed by atoms with Crippen LogP contribution < -0.4 is 14.4 Å². The highest BCUT2D eigenvalue weighted by Gasteiger charge is 2.54. The van der Waals surface area contributed by atoms with Gasteiger partial charge in [-0.3, -0.25) is 9.78 Å². The maximum absolute atomic E-state index is 14.2. The second-order valence-electron chi connectivity index (χ2n) is 11.7. The number of hydrogen-bond donors (Lipinski definition) is 0. The van der Waals surface area contributed by atoms with Gasteiger partial charge in [0.2, 0.25) is 0 Å². The van der Waals surface area contributed by atoms with E-state index in [-0.39, 0.29) is 40.7 Å². The van der Waals surface area contributed by atoms with Crippen LogP contribution >= 0.6 is 0 Å². The predicted octanol–water partition coefficient (Wildman–Crippen LogP) is 4.10. The van der Waals surface area contributed by atoms with Crippen LogP contribution in [0.2, 0.25) is 0 Å². The highest BCUT2D eigenvalue weighted by Crippen LogP contribution is 2.52. The number of pyridine rings is 1. The normalized spacial score (nSPS) is 18.0. The number of fused-ring (bicyclic) bond motifs is 1. The fourth-order valence-corrected chi connectivity index (χ4v) is 6.30. The number of rotatable bonds is 8. The Kier molecular flexibility index (Phi) is 7.23. The summed E-state index contributed by atoms with van der Waals surface area (Å²) in [6, 6.07) is 5.87. The maximum atomic E-state index is 14.2. The molecule has 0 bridgehead atoms. The number of anilines is 1. The first-order valence-corrected chi connectivity index (χ1v) is 14.3. The molecular formula is C30H36FN7O3. The number of halogens is 1. The average molecular weight is 562 g/mol. The van der Waals surface area contributed by atoms with Crippen molar-refractivity contribution in [3.63, 3.8) is 0 Å². The van der Waals surface area contributed by atoms with Crippen molar-refractivity contribution in [3.05, 3.63) is 59.4 Å². The van der Waals surface area contributed by atoms with E-state index in [1.165, 1.54) is 30.1 Å². The number of benzene rings is 1. The molecule has 1 saturated heterocycles. The molecule has 0 radical (unpaired) electrons. The van der Waals surface area contributed by atoms with Crippen molar-refractivity contribution >= 4 is 11.7 Å². The molecule has 1 aromatic carbocycles. The van der Waals surface area contributed by atoms with Crippen LogP contribution in [0, 0.1) is 11.2 Å². The molecule has 4 heterocycles. The summed E-state index contributed by atoms with van der Waals surface area (Å²) in [5.74, 6) is 1.11. The van der Waals surface area contributed by atoms with Gasteiger partial charge in [0.15, 0.2) is 5.82 Å². The third-order valence-electron chi connectivity index (χ3n) is 8.40. The van der Waals surface area contributed by atoms with Crippen molar-refractivity contribution < 1.29 is 18.7 Å². The number of nitrogens with zero attached hydrogens (tertiary/aromatic N) is 7. The molecule has 0 N–H and O–H groups in total. The molecule has 2 fully saturated rings. The van der Waals surface area contributed by atoms with E-state index in [9.17, 15) is 9.18 Å². The van der Waals surface area contributed by atoms with E-state index in [2.05, 4.69) is 37.0 Å². The van der Waals surface area contributed by atoms with Gasteiger partial charge in [-0.15, -0.1) is 10.2 Å². The third kappa shape index (κ3) is 5.30. The minimum absolute atomic E-state index is 0.0461. The summed E-state index contributed by atoms with van der Waals surface area (Å²) < 4.78 is 26.7. The second kappa shape index (κ2) is 10.8. The monoisotopic (exact) mass is 561 g/mol. The van der Waals surface area contributed by atoms with Crippen LogP contribution in [0.3, 0.4) is 0 Å². The smallest absolute Gasteiger partial charge is 0.282 e. The summed E-state index contributed by atoms with van der Waals surface area (Å²) in [4.78, 5) is 28.3. The van der Waals surface area contributed by atoms with Gasteiger partial charge in [0.1, 0.15) is 29.7 Å². The predicted molar refractivity (Wildman–Crippen MR) is 151 cm³/mol. The Morgan fingerprint density at radius 2 is 2.00 bits per heavy atom. The Morgan fingerprint density at radius 1 is 1.20 bits per heavy atom. The SMILES string of the molecule is CCN(C(=O)c1cc(F)ccc1Oc1nncnc1N1CC2(CC(Oc3ccnc4c3CN(C)CC4)C2)C1)C(C)C. The summed E-state index contributed by atoms with van der Waals surface area (Å²) in [6.07, 6.45) is 6.29. The van der Waals surface area contributed by atoms with Gasteiger partial charge in [-0.2, -0.15) is 0 Å². The molecule has 1 aliphatic carbocycles. The second-order valence-corrected chi connectivity index (χ2v) is 11.7. The molecule has 0 unspecified atom stereocenters. The van der Waals surface area contributed by atoms with Crippen LogP contribution in [-0.4, -0.2) is 81.2 Å². The zero-order valence-corrected chi connectivity index (χ0v) is 24.0. The van der Waals surface area contributed by atoms with E-state index in [1.807, 2.05) is 33.0 Å². The Balaban J connectivity index is 1.12. The molecular weight excluding hydrogens is 525 g/mol. The van der Waals surface area contributed by atoms with Gasteiger partial charge in [0.05, 0.1) is 5.56 Å². The largest absolute Gasteiger partial charge is 0.490 e. The van der Waals surface area contributed by atoms with Crippen molar-refractivity contribution in [3.8, 4) is 17.4 Å². The minimum atomic E-state index is -0.510. The topological polar surface area (TPSA) is 96.8 Å². The molecule has 1 amide bonds. The quantitative estimate of drug-likeness (QED) is 0.403. The van der Waals surface area contributed by atoms with Crippen molar-refractivity contribution in [2.75, 3.05) is 38.1 Å². The minimum Gasteiger partial charge on any atom is -0.490 e. The molecule has 3 aromatic rings. The van der Waals surface area contributed by atoms with Gasteiger partial charge in [-0.05, 0) is 64.9 Å². The number of carbonyl (C=O) groups is 1. The Bertz CT molecular complexity index is 1440. The van der Waals surface area contributed by atoms with Crippen molar-refractivity contribution in [1.82, 2.24) is 30.0 Å². The molecule has 41 heavy (non-hydrogen) atoms. The first-order valence-electron chi connectivity index (χ1n) is 14.3. The fourth-order valence-electron chi connectivity index (χ4n) is 6.30. The number of amides is 1. The van der Waals surface area contributed by atoms with Crippen molar-refractivity contribution in [1.29, 1.82) is 0 Å². The molecule has 6 rings (SSSR count). The summed E-state index contributed by atoms with van der Waals surface area (Å²) in [5, 5.41) is 8.09. The van der Waals surface area contributed by atoms with Gasteiger partial charge in [-0.1, -0.05) is 0 Å². The number of ether oxygens (including phenoxy) is 2. The number of likely N-dealkylation sites (N-methyl/N-ethyl adjacent to an activating group) is 1. The first kappa shape index (κ1) is 27.3. The summed E-state index contributed by atoms with van der Waals surface area (Å²) >= 11 is 0. The molecule has 11 heteroatoms. The number of aromatic nitrogens is 4. The van der Waals surface area contributed by atoms with Gasteiger partial charge >= 0.3 is 0 Å². The highest BCUT2D eigenvalue weighted by molar-refractivity contribution is 5.97. The van der Waals surface area contributed by atoms with Crippen LogP contribution in [0.5, 0.6) is 17.4 Å². The molecule has 1 saturated carbocycles. The van der Waals surface area contributed by atoms with Gasteiger partial charge < -0.3 is 24.2 Å². The number of hydrogen-bond acceptors (Lipinski definition) is 9. The molecule has 1 spiro atoms. The zero-order valence-electron chi connectivity index (χ0n) is 24.0. The zero-order chi connectivity index (χ0) is 28.7. The fraction of sp³-hybridized carbons (Fsp3) is 0.500. The molecule has 3 aliphatic rings. The lowest BCUT2D eigenvalue weighted by Gasteiger charge is -2.58. The van der Waals surface area contributed by atoms with Crippen molar-refractivity contribution in [2.24, 2.45) is 5.41 Å². The van der Waals surface area contributed by atoms with Crippen molar-refractivity contribution in [2.45, 2.75) is 58.7 Å². The Hall–Kier alpha value is -3.86. The average Bonchev–Trinajstić information content (AvgIpc) is 2.91. The molecule has 216 valence electrons. The van der Waals surface area contributed by atoms with E-state index in [1.54, 1.807) is 4.90 Å². The van der Waals surface area contributed by atoms with E-state index in [0.29, 0.717) is 12.4 Å². The highest BCUT2D eigenvalue weighted by atomic mass is 19.1. The van der Waals surface area contributed by atoms with Crippen LogP contribution in [0.25, 0.3) is 0 Å². The van der Waals surface area contributed by atoms with Gasteiger partial charge in [0.25, 0.3) is 11.8 Å². The van der Waals surface area contributed by atoms with Crippen LogP contribution in [0.15, 0.2) is 36.8 Å². The lowest BCUT2D eigenvalue weighted by Crippen LogP contribution is -2.65. The Morgan fingerprint density at radius 3 is 2.76 bits per heavy atom. The van der Waals surface area contributed by atoms with Crippen LogP contribution in [0.4, 0.5) is 10.2 Å². The summed E-state index contributed by atoms with van der Waals surface area (Å²) in [7, 11) is 2.13. The lowest BCUT2D eigenvalue weighted by atomic mass is 9.61. The molecule has 0 atom stereocenters. The van der Waals surface area contributed by atoms with Gasteiger partial charge in [-0.25, -0.2) is 9.37 Å². The molecule has 10 nitrogen and oxygen atoms in total. The number of carbonyl (C=O) groups excluding carboxylic acids is 1. The molecule has 2 aromatic heterocycles. The third-order valence-corrected chi connectivity index (χ3v) is 8.40. The van der Waals surface area contributed by atoms with E-state index >= 15 is 0 Å². The van der Waals surface area contributed by atoms with Crippen LogP contribution in [0.1, 0.15) is 55.2 Å². The first-order chi connectivity index (χ1) is 19.7. The Labute approximate surface area is 239 Å².